The summed E-state index contributed by atoms with van der Waals surface area (Å²) in [7, 11) is 1.34. The molecule has 0 bridgehead atoms. The fourth-order valence-corrected chi connectivity index (χ4v) is 1.65. The van der Waals surface area contributed by atoms with E-state index < -0.39 is 6.09 Å². The molecule has 4 heteroatoms. The van der Waals surface area contributed by atoms with Crippen LogP contribution in [0.2, 0.25) is 0 Å². The number of carbonyl (C=O) groups is 1. The lowest BCUT2D eigenvalue weighted by molar-refractivity contribution is 0.187. The van der Waals surface area contributed by atoms with Crippen molar-refractivity contribution in [2.45, 2.75) is 6.92 Å². The lowest BCUT2D eigenvalue weighted by atomic mass is 10.2. The van der Waals surface area contributed by atoms with E-state index in [4.69, 9.17) is 0 Å². The van der Waals surface area contributed by atoms with Crippen LogP contribution in [-0.2, 0) is 4.74 Å². The number of para-hydroxylation sites is 2. The predicted molar refractivity (Wildman–Crippen MR) is 76.9 cm³/mol. The highest BCUT2D eigenvalue weighted by Crippen LogP contribution is 2.25. The van der Waals surface area contributed by atoms with Gasteiger partial charge in [-0.05, 0) is 31.2 Å². The van der Waals surface area contributed by atoms with Gasteiger partial charge in [-0.2, -0.15) is 0 Å². The number of rotatable bonds is 3. The number of hydrogen-bond acceptors (Lipinski definition) is 3. The fraction of sp³-hybridized carbons (Fsp3) is 0.133. The molecule has 4 nitrogen and oxygen atoms in total. The maximum Gasteiger partial charge on any atom is 0.411 e. The monoisotopic (exact) mass is 256 g/mol. The zero-order chi connectivity index (χ0) is 13.7. The molecule has 0 spiro atoms. The molecule has 0 aromatic heterocycles. The van der Waals surface area contributed by atoms with Crippen LogP contribution in [0.5, 0.6) is 0 Å². The first kappa shape index (κ1) is 13.0. The highest BCUT2D eigenvalue weighted by atomic mass is 16.5. The molecule has 1 amide bonds. The second-order valence-corrected chi connectivity index (χ2v) is 4.15. The molecule has 2 aromatic carbocycles. The Hall–Kier alpha value is -2.49. The molecule has 0 atom stereocenters. The standard InChI is InChI=1S/C15H16N2O2/c1-11-7-9-12(10-8-11)16-13-5-3-4-6-14(13)17-15(18)19-2/h3-10,16H,1-2H3,(H,17,18). The Balaban J connectivity index is 2.20. The Morgan fingerprint density at radius 3 is 2.26 bits per heavy atom. The van der Waals surface area contributed by atoms with Crippen molar-refractivity contribution in [1.29, 1.82) is 0 Å². The van der Waals surface area contributed by atoms with Crippen LogP contribution in [0.15, 0.2) is 48.5 Å². The van der Waals surface area contributed by atoms with Crippen LogP contribution in [0.3, 0.4) is 0 Å². The molecule has 0 heterocycles. The van der Waals surface area contributed by atoms with Crippen molar-refractivity contribution < 1.29 is 9.53 Å². The molecule has 98 valence electrons. The SMILES string of the molecule is COC(=O)Nc1ccccc1Nc1ccc(C)cc1. The van der Waals surface area contributed by atoms with Crippen molar-refractivity contribution in [2.24, 2.45) is 0 Å². The van der Waals surface area contributed by atoms with Crippen LogP contribution >= 0.6 is 0 Å². The van der Waals surface area contributed by atoms with Crippen molar-refractivity contribution in [1.82, 2.24) is 0 Å². The van der Waals surface area contributed by atoms with Crippen molar-refractivity contribution >= 4 is 23.2 Å². The van der Waals surface area contributed by atoms with Crippen LogP contribution in [0.1, 0.15) is 5.56 Å². The first-order valence-corrected chi connectivity index (χ1v) is 5.97. The average Bonchev–Trinajstić information content (AvgIpc) is 2.43. The normalized spacial score (nSPS) is 9.79. The Labute approximate surface area is 112 Å². The number of benzene rings is 2. The van der Waals surface area contributed by atoms with Gasteiger partial charge in [0.15, 0.2) is 0 Å². The molecule has 0 aliphatic carbocycles. The molecular weight excluding hydrogens is 240 g/mol. The second kappa shape index (κ2) is 5.91. The van der Waals surface area contributed by atoms with E-state index in [-0.39, 0.29) is 0 Å². The summed E-state index contributed by atoms with van der Waals surface area (Å²) in [5.74, 6) is 0. The first-order valence-electron chi connectivity index (χ1n) is 5.97. The fourth-order valence-electron chi connectivity index (χ4n) is 1.65. The van der Waals surface area contributed by atoms with Crippen LogP contribution in [0.4, 0.5) is 21.9 Å². The van der Waals surface area contributed by atoms with Gasteiger partial charge >= 0.3 is 6.09 Å². The summed E-state index contributed by atoms with van der Waals surface area (Å²) in [6.45, 7) is 2.04. The Kier molecular flexibility index (Phi) is 4.03. The lowest BCUT2D eigenvalue weighted by Gasteiger charge is -2.12. The smallest absolute Gasteiger partial charge is 0.411 e. The van der Waals surface area contributed by atoms with Gasteiger partial charge in [0.2, 0.25) is 0 Å². The van der Waals surface area contributed by atoms with Crippen LogP contribution in [0, 0.1) is 6.92 Å². The van der Waals surface area contributed by atoms with E-state index in [0.717, 1.165) is 11.4 Å². The van der Waals surface area contributed by atoms with E-state index in [1.165, 1.54) is 12.7 Å². The zero-order valence-corrected chi connectivity index (χ0v) is 10.9. The highest BCUT2D eigenvalue weighted by Gasteiger charge is 2.05. The first-order chi connectivity index (χ1) is 9.19. The van der Waals surface area contributed by atoms with E-state index in [1.54, 1.807) is 0 Å². The van der Waals surface area contributed by atoms with Gasteiger partial charge in [-0.15, -0.1) is 0 Å². The third-order valence-corrected chi connectivity index (χ3v) is 2.68. The second-order valence-electron chi connectivity index (χ2n) is 4.15. The van der Waals surface area contributed by atoms with Gasteiger partial charge in [-0.25, -0.2) is 4.79 Å². The van der Waals surface area contributed by atoms with Gasteiger partial charge in [0, 0.05) is 5.69 Å². The number of ether oxygens (including phenoxy) is 1. The van der Waals surface area contributed by atoms with E-state index in [0.29, 0.717) is 5.69 Å². The number of hydrogen-bond donors (Lipinski definition) is 2. The lowest BCUT2D eigenvalue weighted by Crippen LogP contribution is -2.12. The zero-order valence-electron chi connectivity index (χ0n) is 10.9. The number of amides is 1. The van der Waals surface area contributed by atoms with Crippen LogP contribution in [-0.4, -0.2) is 13.2 Å². The summed E-state index contributed by atoms with van der Waals surface area (Å²) in [5, 5.41) is 5.93. The minimum Gasteiger partial charge on any atom is -0.453 e. The summed E-state index contributed by atoms with van der Waals surface area (Å²) in [4.78, 5) is 11.3. The van der Waals surface area contributed by atoms with Gasteiger partial charge in [-0.1, -0.05) is 29.8 Å². The Morgan fingerprint density at radius 1 is 1.00 bits per heavy atom. The molecule has 0 saturated carbocycles. The van der Waals surface area contributed by atoms with Gasteiger partial charge < -0.3 is 10.1 Å². The van der Waals surface area contributed by atoms with Crippen molar-refractivity contribution in [3.8, 4) is 0 Å². The van der Waals surface area contributed by atoms with Gasteiger partial charge in [-0.3, -0.25) is 5.32 Å². The van der Waals surface area contributed by atoms with E-state index >= 15 is 0 Å². The molecule has 0 aliphatic rings. The molecule has 19 heavy (non-hydrogen) atoms. The third kappa shape index (κ3) is 3.48. The van der Waals surface area contributed by atoms with Crippen molar-refractivity contribution in [2.75, 3.05) is 17.7 Å². The highest BCUT2D eigenvalue weighted by molar-refractivity contribution is 5.90. The molecule has 2 rings (SSSR count). The largest absolute Gasteiger partial charge is 0.453 e. The third-order valence-electron chi connectivity index (χ3n) is 2.68. The molecule has 2 aromatic rings. The molecule has 0 saturated heterocycles. The summed E-state index contributed by atoms with van der Waals surface area (Å²) >= 11 is 0. The number of aryl methyl sites for hydroxylation is 1. The quantitative estimate of drug-likeness (QED) is 0.875. The number of anilines is 3. The maximum absolute atomic E-state index is 11.3. The van der Waals surface area contributed by atoms with Crippen LogP contribution in [0.25, 0.3) is 0 Å². The Morgan fingerprint density at radius 2 is 1.63 bits per heavy atom. The van der Waals surface area contributed by atoms with Gasteiger partial charge in [0.1, 0.15) is 0 Å². The summed E-state index contributed by atoms with van der Waals surface area (Å²) in [6.07, 6.45) is -0.488. The molecular formula is C15H16N2O2. The minimum absolute atomic E-state index is 0.488. The van der Waals surface area contributed by atoms with Crippen molar-refractivity contribution in [3.63, 3.8) is 0 Å². The maximum atomic E-state index is 11.3. The van der Waals surface area contributed by atoms with Gasteiger partial charge in [0.25, 0.3) is 0 Å². The molecule has 0 fully saturated rings. The Bertz CT molecular complexity index is 565. The summed E-state index contributed by atoms with van der Waals surface area (Å²) in [6, 6.07) is 15.5. The van der Waals surface area contributed by atoms with E-state index in [1.807, 2.05) is 55.5 Å². The van der Waals surface area contributed by atoms with Gasteiger partial charge in [0.05, 0.1) is 18.5 Å². The summed E-state index contributed by atoms with van der Waals surface area (Å²) in [5.41, 5.74) is 3.66. The molecule has 2 N–H and O–H groups in total. The number of carbonyl (C=O) groups excluding carboxylic acids is 1. The van der Waals surface area contributed by atoms with E-state index in [9.17, 15) is 4.79 Å². The summed E-state index contributed by atoms with van der Waals surface area (Å²) < 4.78 is 4.60. The molecule has 0 unspecified atom stereocenters. The molecule has 0 aliphatic heterocycles. The van der Waals surface area contributed by atoms with Crippen molar-refractivity contribution in [3.05, 3.63) is 54.1 Å². The van der Waals surface area contributed by atoms with Crippen LogP contribution < -0.4 is 10.6 Å². The number of nitrogens with one attached hydrogen (secondary N) is 2. The topological polar surface area (TPSA) is 50.4 Å². The average molecular weight is 256 g/mol. The molecule has 0 radical (unpaired) electrons. The predicted octanol–water partition coefficient (Wildman–Crippen LogP) is 3.92. The number of methoxy groups -OCH3 is 1. The minimum atomic E-state index is -0.488. The van der Waals surface area contributed by atoms with E-state index in [2.05, 4.69) is 15.4 Å².